The number of benzene rings is 2. The van der Waals surface area contributed by atoms with Crippen molar-refractivity contribution in [3.8, 4) is 11.5 Å². The summed E-state index contributed by atoms with van der Waals surface area (Å²) in [6, 6.07) is 15.4. The molecule has 0 fully saturated rings. The van der Waals surface area contributed by atoms with Crippen LogP contribution in [0.15, 0.2) is 52.9 Å². The van der Waals surface area contributed by atoms with Gasteiger partial charge < -0.3 is 19.9 Å². The van der Waals surface area contributed by atoms with E-state index in [1.54, 1.807) is 7.11 Å². The molecule has 2 N–H and O–H groups in total. The molecule has 0 spiro atoms. The summed E-state index contributed by atoms with van der Waals surface area (Å²) in [7, 11) is 1.63. The zero-order valence-electron chi connectivity index (χ0n) is 15.1. The van der Waals surface area contributed by atoms with Crippen molar-refractivity contribution in [1.29, 1.82) is 0 Å². The van der Waals surface area contributed by atoms with Gasteiger partial charge in [0.25, 0.3) is 0 Å². The number of aliphatic hydroxyl groups is 1. The Kier molecular flexibility index (Phi) is 6.92. The Morgan fingerprint density at radius 1 is 1.11 bits per heavy atom. The van der Waals surface area contributed by atoms with Crippen molar-refractivity contribution >= 4 is 33.9 Å². The summed E-state index contributed by atoms with van der Waals surface area (Å²) in [5.41, 5.74) is 1.88. The molecule has 1 aromatic heterocycles. The number of thioether (sulfide) groups is 1. The van der Waals surface area contributed by atoms with Gasteiger partial charge >= 0.3 is 0 Å². The molecule has 6 nitrogen and oxygen atoms in total. The molecule has 1 atom stereocenters. The van der Waals surface area contributed by atoms with Gasteiger partial charge in [-0.2, -0.15) is 0 Å². The zero-order valence-corrected chi connectivity index (χ0v) is 16.7. The van der Waals surface area contributed by atoms with Gasteiger partial charge in [0.2, 0.25) is 5.13 Å². The fourth-order valence-electron chi connectivity index (χ4n) is 2.30. The van der Waals surface area contributed by atoms with Crippen LogP contribution in [-0.4, -0.2) is 40.9 Å². The van der Waals surface area contributed by atoms with Gasteiger partial charge in [-0.25, -0.2) is 0 Å². The number of aromatic nitrogens is 2. The Labute approximate surface area is 166 Å². The highest BCUT2D eigenvalue weighted by molar-refractivity contribution is 8.01. The van der Waals surface area contributed by atoms with Crippen LogP contribution < -0.4 is 14.8 Å². The predicted octanol–water partition coefficient (Wildman–Crippen LogP) is 4.13. The lowest BCUT2D eigenvalue weighted by atomic mass is 10.2. The van der Waals surface area contributed by atoms with Gasteiger partial charge in [-0.15, -0.1) is 10.2 Å². The van der Waals surface area contributed by atoms with Crippen LogP contribution in [0.4, 0.5) is 10.8 Å². The van der Waals surface area contributed by atoms with Gasteiger partial charge in [0.15, 0.2) is 4.34 Å². The number of hydrogen-bond donors (Lipinski definition) is 2. The lowest BCUT2D eigenvalue weighted by molar-refractivity contribution is 0.126. The van der Waals surface area contributed by atoms with Crippen LogP contribution >= 0.6 is 23.1 Å². The van der Waals surface area contributed by atoms with E-state index in [4.69, 9.17) is 9.47 Å². The second-order valence-electron chi connectivity index (χ2n) is 5.74. The molecular formula is C19H21N3O3S2. The van der Waals surface area contributed by atoms with Gasteiger partial charge in [0, 0.05) is 5.75 Å². The summed E-state index contributed by atoms with van der Waals surface area (Å²) >= 11 is 2.88. The topological polar surface area (TPSA) is 76.5 Å². The second-order valence-corrected chi connectivity index (χ2v) is 7.98. The summed E-state index contributed by atoms with van der Waals surface area (Å²) < 4.78 is 11.8. The standard InChI is InChI=1S/C19H21N3O3S2/c1-13-7-3-5-9-16(13)25-11-14(23)12-26-19-22-21-18(27-19)20-15-8-4-6-10-17(15)24-2/h3-10,14,23H,11-12H2,1-2H3,(H,20,21)/t14-/m0/s1. The third kappa shape index (κ3) is 5.59. The number of nitrogens with zero attached hydrogens (tertiary/aromatic N) is 2. The Morgan fingerprint density at radius 2 is 1.85 bits per heavy atom. The Bertz CT molecular complexity index is 873. The minimum absolute atomic E-state index is 0.239. The monoisotopic (exact) mass is 403 g/mol. The smallest absolute Gasteiger partial charge is 0.210 e. The summed E-state index contributed by atoms with van der Waals surface area (Å²) in [5, 5.41) is 22.3. The normalized spacial score (nSPS) is 11.8. The predicted molar refractivity (Wildman–Crippen MR) is 110 cm³/mol. The molecule has 0 unspecified atom stereocenters. The molecule has 1 heterocycles. The van der Waals surface area contributed by atoms with Crippen LogP contribution in [0.1, 0.15) is 5.56 Å². The molecule has 27 heavy (non-hydrogen) atoms. The highest BCUT2D eigenvalue weighted by atomic mass is 32.2. The molecule has 0 radical (unpaired) electrons. The summed E-state index contributed by atoms with van der Waals surface area (Å²) in [6.45, 7) is 2.22. The first-order valence-electron chi connectivity index (χ1n) is 8.38. The SMILES string of the molecule is COc1ccccc1Nc1nnc(SC[C@@H](O)COc2ccccc2C)s1. The van der Waals surface area contributed by atoms with E-state index in [-0.39, 0.29) is 6.61 Å². The quantitative estimate of drug-likeness (QED) is 0.520. The number of rotatable bonds is 9. The fourth-order valence-corrected chi connectivity index (χ4v) is 4.00. The zero-order chi connectivity index (χ0) is 19.1. The molecule has 142 valence electrons. The molecule has 8 heteroatoms. The van der Waals surface area contributed by atoms with Gasteiger partial charge in [-0.1, -0.05) is 53.4 Å². The molecule has 0 saturated carbocycles. The molecule has 0 bridgehead atoms. The maximum atomic E-state index is 10.2. The minimum Gasteiger partial charge on any atom is -0.495 e. The van der Waals surface area contributed by atoms with Crippen molar-refractivity contribution in [2.24, 2.45) is 0 Å². The Hall–Kier alpha value is -2.29. The molecule has 0 amide bonds. The van der Waals surface area contributed by atoms with Crippen LogP contribution in [0, 0.1) is 6.92 Å². The Morgan fingerprint density at radius 3 is 2.63 bits per heavy atom. The molecule has 0 aliphatic carbocycles. The van der Waals surface area contributed by atoms with E-state index < -0.39 is 6.10 Å². The number of aryl methyl sites for hydroxylation is 1. The number of para-hydroxylation sites is 3. The van der Waals surface area contributed by atoms with E-state index in [1.165, 1.54) is 23.1 Å². The summed E-state index contributed by atoms with van der Waals surface area (Å²) in [4.78, 5) is 0. The van der Waals surface area contributed by atoms with Crippen LogP contribution in [0.3, 0.4) is 0 Å². The van der Waals surface area contributed by atoms with Gasteiger partial charge in [0.1, 0.15) is 18.1 Å². The van der Waals surface area contributed by atoms with E-state index in [1.807, 2.05) is 55.5 Å². The van der Waals surface area contributed by atoms with E-state index in [0.717, 1.165) is 27.1 Å². The maximum absolute atomic E-state index is 10.2. The van der Waals surface area contributed by atoms with Gasteiger partial charge in [0.05, 0.1) is 18.9 Å². The summed E-state index contributed by atoms with van der Waals surface area (Å²) in [6.07, 6.45) is -0.593. The molecule has 2 aromatic carbocycles. The van der Waals surface area contributed by atoms with Crippen LogP contribution in [0.5, 0.6) is 11.5 Å². The molecule has 0 aliphatic rings. The highest BCUT2D eigenvalue weighted by Crippen LogP contribution is 2.31. The summed E-state index contributed by atoms with van der Waals surface area (Å²) in [5.74, 6) is 2.02. The van der Waals surface area contributed by atoms with E-state index >= 15 is 0 Å². The number of methoxy groups -OCH3 is 1. The van der Waals surface area contributed by atoms with Crippen molar-refractivity contribution in [2.75, 3.05) is 24.8 Å². The number of hydrogen-bond acceptors (Lipinski definition) is 8. The lowest BCUT2D eigenvalue weighted by Gasteiger charge is -2.12. The highest BCUT2D eigenvalue weighted by Gasteiger charge is 2.12. The van der Waals surface area contributed by atoms with E-state index in [9.17, 15) is 5.11 Å². The van der Waals surface area contributed by atoms with Crippen molar-refractivity contribution in [1.82, 2.24) is 10.2 Å². The number of nitrogens with one attached hydrogen (secondary N) is 1. The molecule has 0 saturated heterocycles. The third-order valence-corrected chi connectivity index (χ3v) is 5.80. The lowest BCUT2D eigenvalue weighted by Crippen LogP contribution is -2.20. The molecule has 3 aromatic rings. The molecule has 3 rings (SSSR count). The minimum atomic E-state index is -0.593. The van der Waals surface area contributed by atoms with Crippen molar-refractivity contribution < 1.29 is 14.6 Å². The van der Waals surface area contributed by atoms with Crippen LogP contribution in [0.25, 0.3) is 0 Å². The molecule has 0 aliphatic heterocycles. The Balaban J connectivity index is 1.48. The third-order valence-electron chi connectivity index (χ3n) is 3.68. The van der Waals surface area contributed by atoms with Crippen molar-refractivity contribution in [2.45, 2.75) is 17.4 Å². The van der Waals surface area contributed by atoms with E-state index in [0.29, 0.717) is 10.9 Å². The number of ether oxygens (including phenoxy) is 2. The van der Waals surface area contributed by atoms with Crippen LogP contribution in [-0.2, 0) is 0 Å². The first-order chi connectivity index (χ1) is 13.2. The fraction of sp³-hybridized carbons (Fsp3) is 0.263. The largest absolute Gasteiger partial charge is 0.495 e. The first-order valence-corrected chi connectivity index (χ1v) is 10.2. The number of anilines is 2. The average Bonchev–Trinajstić information content (AvgIpc) is 3.13. The maximum Gasteiger partial charge on any atom is 0.210 e. The van der Waals surface area contributed by atoms with E-state index in [2.05, 4.69) is 15.5 Å². The van der Waals surface area contributed by atoms with Crippen molar-refractivity contribution in [3.05, 3.63) is 54.1 Å². The average molecular weight is 404 g/mol. The second kappa shape index (κ2) is 9.59. The van der Waals surface area contributed by atoms with Gasteiger partial charge in [-0.3, -0.25) is 0 Å². The van der Waals surface area contributed by atoms with Crippen LogP contribution in [0.2, 0.25) is 0 Å². The first kappa shape index (κ1) is 19.5. The van der Waals surface area contributed by atoms with Gasteiger partial charge in [-0.05, 0) is 30.7 Å². The molecular weight excluding hydrogens is 382 g/mol. The number of aliphatic hydroxyl groups excluding tert-OH is 1. The van der Waals surface area contributed by atoms with Crippen molar-refractivity contribution in [3.63, 3.8) is 0 Å².